The molecule has 4 nitrogen and oxygen atoms in total. The van der Waals surface area contributed by atoms with Crippen LogP contribution in [0.2, 0.25) is 0 Å². The van der Waals surface area contributed by atoms with E-state index in [4.69, 9.17) is 5.11 Å². The Hall–Kier alpha value is -1.66. The van der Waals surface area contributed by atoms with Gasteiger partial charge in [-0.15, -0.1) is 11.3 Å². The van der Waals surface area contributed by atoms with Crippen molar-refractivity contribution in [2.45, 2.75) is 0 Å². The molecule has 0 aliphatic heterocycles. The smallest absolute Gasteiger partial charge is 0.337 e. The van der Waals surface area contributed by atoms with Gasteiger partial charge in [0, 0.05) is 0 Å². The van der Waals surface area contributed by atoms with E-state index < -0.39 is 5.97 Å². The highest BCUT2D eigenvalue weighted by molar-refractivity contribution is 9.11. The molecule has 2 heterocycles. The maximum absolute atomic E-state index is 11.1. The van der Waals surface area contributed by atoms with Gasteiger partial charge in [-0.1, -0.05) is 6.07 Å². The molecular weight excluding hydrogens is 316 g/mol. The Bertz CT molecular complexity index is 747. The van der Waals surface area contributed by atoms with E-state index in [0.29, 0.717) is 11.3 Å². The second kappa shape index (κ2) is 4.22. The Morgan fingerprint density at radius 2 is 2.17 bits per heavy atom. The molecule has 0 bridgehead atoms. The van der Waals surface area contributed by atoms with Gasteiger partial charge in [-0.25, -0.2) is 9.78 Å². The minimum Gasteiger partial charge on any atom is -0.478 e. The molecule has 0 radical (unpaired) electrons. The van der Waals surface area contributed by atoms with Crippen molar-refractivity contribution in [3.63, 3.8) is 0 Å². The van der Waals surface area contributed by atoms with Gasteiger partial charge < -0.3 is 10.1 Å². The molecule has 2 aromatic heterocycles. The summed E-state index contributed by atoms with van der Waals surface area (Å²) in [6.45, 7) is 0. The lowest BCUT2D eigenvalue weighted by molar-refractivity contribution is 0.0699. The number of thiophene rings is 1. The standard InChI is InChI=1S/C12H7BrN2O2S/c13-9-5-4-8(18-9)11-14-7-3-1-2-6(12(16)17)10(7)15-11/h1-5H,(H,14,15)(H,16,17). The maximum Gasteiger partial charge on any atom is 0.337 e. The number of aromatic nitrogens is 2. The van der Waals surface area contributed by atoms with Gasteiger partial charge in [0.05, 0.1) is 19.7 Å². The fourth-order valence-corrected chi connectivity index (χ4v) is 3.09. The molecule has 6 heteroatoms. The summed E-state index contributed by atoms with van der Waals surface area (Å²) in [5, 5.41) is 9.11. The van der Waals surface area contributed by atoms with Crippen LogP contribution in [0.4, 0.5) is 0 Å². The Morgan fingerprint density at radius 3 is 2.83 bits per heavy atom. The van der Waals surface area contributed by atoms with Gasteiger partial charge in [0.15, 0.2) is 0 Å². The first-order valence-electron chi connectivity index (χ1n) is 5.13. The summed E-state index contributed by atoms with van der Waals surface area (Å²) in [6.07, 6.45) is 0. The average molecular weight is 323 g/mol. The molecule has 0 saturated heterocycles. The molecule has 1 aromatic carbocycles. The summed E-state index contributed by atoms with van der Waals surface area (Å²) in [5.74, 6) is -0.277. The van der Waals surface area contributed by atoms with Crippen LogP contribution in [0.3, 0.4) is 0 Å². The number of carbonyl (C=O) groups is 1. The van der Waals surface area contributed by atoms with E-state index >= 15 is 0 Å². The van der Waals surface area contributed by atoms with Crippen LogP contribution in [0.25, 0.3) is 21.7 Å². The van der Waals surface area contributed by atoms with Crippen molar-refractivity contribution in [3.8, 4) is 10.7 Å². The maximum atomic E-state index is 11.1. The first-order chi connectivity index (χ1) is 8.65. The van der Waals surface area contributed by atoms with Crippen LogP contribution in [0.1, 0.15) is 10.4 Å². The van der Waals surface area contributed by atoms with Crippen molar-refractivity contribution in [1.82, 2.24) is 9.97 Å². The predicted octanol–water partition coefficient (Wildman–Crippen LogP) is 3.75. The second-order valence-corrected chi connectivity index (χ2v) is 6.16. The van der Waals surface area contributed by atoms with Gasteiger partial charge in [-0.2, -0.15) is 0 Å². The Balaban J connectivity index is 2.22. The van der Waals surface area contributed by atoms with E-state index in [-0.39, 0.29) is 5.56 Å². The number of aromatic amines is 1. The highest BCUT2D eigenvalue weighted by atomic mass is 79.9. The van der Waals surface area contributed by atoms with Crippen molar-refractivity contribution in [2.24, 2.45) is 0 Å². The molecule has 0 fully saturated rings. The largest absolute Gasteiger partial charge is 0.478 e. The van der Waals surface area contributed by atoms with Crippen molar-refractivity contribution in [3.05, 3.63) is 39.7 Å². The monoisotopic (exact) mass is 322 g/mol. The Labute approximate surface area is 114 Å². The molecule has 2 N–H and O–H groups in total. The summed E-state index contributed by atoms with van der Waals surface area (Å²) in [7, 11) is 0. The number of hydrogen-bond donors (Lipinski definition) is 2. The number of carboxylic acid groups (broad SMARTS) is 1. The summed E-state index contributed by atoms with van der Waals surface area (Å²) in [4.78, 5) is 19.6. The van der Waals surface area contributed by atoms with Gasteiger partial charge >= 0.3 is 5.97 Å². The normalized spacial score (nSPS) is 10.9. The first-order valence-corrected chi connectivity index (χ1v) is 6.74. The minimum atomic E-state index is -0.967. The number of para-hydroxylation sites is 1. The van der Waals surface area contributed by atoms with Crippen LogP contribution in [0.15, 0.2) is 34.1 Å². The number of carboxylic acids is 1. The van der Waals surface area contributed by atoms with Gasteiger partial charge in [0.1, 0.15) is 11.3 Å². The van der Waals surface area contributed by atoms with E-state index in [1.165, 1.54) is 0 Å². The molecule has 0 saturated carbocycles. The number of H-pyrrole nitrogens is 1. The molecule has 0 aliphatic rings. The summed E-state index contributed by atoms with van der Waals surface area (Å²) >= 11 is 4.94. The molecular formula is C12H7BrN2O2S. The molecule has 0 aliphatic carbocycles. The molecule has 18 heavy (non-hydrogen) atoms. The molecule has 0 amide bonds. The average Bonchev–Trinajstić information content (AvgIpc) is 2.93. The Morgan fingerprint density at radius 1 is 1.33 bits per heavy atom. The molecule has 0 unspecified atom stereocenters. The molecule has 90 valence electrons. The number of hydrogen-bond acceptors (Lipinski definition) is 3. The number of imidazole rings is 1. The summed E-state index contributed by atoms with van der Waals surface area (Å²) < 4.78 is 1.01. The number of nitrogens with zero attached hydrogens (tertiary/aromatic N) is 1. The Kier molecular flexibility index (Phi) is 2.68. The topological polar surface area (TPSA) is 66.0 Å². The van der Waals surface area contributed by atoms with E-state index in [1.807, 2.05) is 18.2 Å². The van der Waals surface area contributed by atoms with Crippen LogP contribution in [-0.4, -0.2) is 21.0 Å². The lowest BCUT2D eigenvalue weighted by Crippen LogP contribution is -1.96. The molecule has 0 spiro atoms. The van der Waals surface area contributed by atoms with Crippen molar-refractivity contribution < 1.29 is 9.90 Å². The van der Waals surface area contributed by atoms with Gasteiger partial charge in [0.25, 0.3) is 0 Å². The van der Waals surface area contributed by atoms with Gasteiger partial charge in [-0.05, 0) is 40.2 Å². The number of fused-ring (bicyclic) bond motifs is 1. The highest BCUT2D eigenvalue weighted by Gasteiger charge is 2.13. The van der Waals surface area contributed by atoms with Crippen LogP contribution >= 0.6 is 27.3 Å². The predicted molar refractivity (Wildman–Crippen MR) is 74.1 cm³/mol. The van der Waals surface area contributed by atoms with Crippen molar-refractivity contribution >= 4 is 44.3 Å². The number of benzene rings is 1. The number of halogens is 1. The van der Waals surface area contributed by atoms with E-state index in [9.17, 15) is 4.79 Å². The van der Waals surface area contributed by atoms with Crippen molar-refractivity contribution in [2.75, 3.05) is 0 Å². The van der Waals surface area contributed by atoms with Crippen LogP contribution < -0.4 is 0 Å². The van der Waals surface area contributed by atoms with E-state index in [1.54, 1.807) is 23.5 Å². The lowest BCUT2D eigenvalue weighted by Gasteiger charge is -1.93. The van der Waals surface area contributed by atoms with E-state index in [2.05, 4.69) is 25.9 Å². The number of rotatable bonds is 2. The zero-order chi connectivity index (χ0) is 12.7. The zero-order valence-corrected chi connectivity index (χ0v) is 11.4. The second-order valence-electron chi connectivity index (χ2n) is 3.70. The van der Waals surface area contributed by atoms with Crippen molar-refractivity contribution in [1.29, 1.82) is 0 Å². The third-order valence-corrected chi connectivity index (χ3v) is 4.18. The zero-order valence-electron chi connectivity index (χ0n) is 8.98. The lowest BCUT2D eigenvalue weighted by atomic mass is 10.2. The minimum absolute atomic E-state index is 0.214. The number of nitrogens with one attached hydrogen (secondary N) is 1. The number of aromatic carboxylic acids is 1. The SMILES string of the molecule is O=C(O)c1cccc2[nH]c(-c3ccc(Br)s3)nc12. The first kappa shape index (κ1) is 11.4. The van der Waals surface area contributed by atoms with Crippen LogP contribution in [0.5, 0.6) is 0 Å². The molecule has 3 rings (SSSR count). The summed E-state index contributed by atoms with van der Waals surface area (Å²) in [5.41, 5.74) is 1.43. The highest BCUT2D eigenvalue weighted by Crippen LogP contribution is 2.31. The third kappa shape index (κ3) is 1.83. The summed E-state index contributed by atoms with van der Waals surface area (Å²) in [6, 6.07) is 8.96. The third-order valence-electron chi connectivity index (χ3n) is 2.55. The molecule has 3 aromatic rings. The van der Waals surface area contributed by atoms with Gasteiger partial charge in [0.2, 0.25) is 0 Å². The molecule has 0 atom stereocenters. The van der Waals surface area contributed by atoms with Gasteiger partial charge in [-0.3, -0.25) is 0 Å². The fourth-order valence-electron chi connectivity index (χ4n) is 1.76. The van der Waals surface area contributed by atoms with E-state index in [0.717, 1.165) is 14.2 Å². The quantitative estimate of drug-likeness (QED) is 0.755. The van der Waals surface area contributed by atoms with Crippen LogP contribution in [-0.2, 0) is 0 Å². The fraction of sp³-hybridized carbons (Fsp3) is 0. The van der Waals surface area contributed by atoms with Crippen LogP contribution in [0, 0.1) is 0 Å².